The van der Waals surface area contributed by atoms with Crippen LogP contribution in [0, 0.1) is 0 Å². The number of hydrogen-bond donors (Lipinski definition) is 1. The normalized spacial score (nSPS) is 10.3. The highest BCUT2D eigenvalue weighted by Crippen LogP contribution is 2.28. The number of nitrogens with one attached hydrogen (secondary N) is 1. The van der Waals surface area contributed by atoms with Gasteiger partial charge in [0.15, 0.2) is 11.5 Å². The fraction of sp³-hybridized carbons (Fsp3) is 0.300. The second-order valence-electron chi connectivity index (χ2n) is 5.23. The first-order valence-electron chi connectivity index (χ1n) is 8.07. The van der Waals surface area contributed by atoms with Crippen LogP contribution in [0.3, 0.4) is 0 Å². The van der Waals surface area contributed by atoms with E-state index in [9.17, 15) is 0 Å². The van der Waals surface area contributed by atoms with E-state index in [1.807, 2.05) is 25.1 Å². The van der Waals surface area contributed by atoms with Gasteiger partial charge >= 0.3 is 0 Å². The molecule has 0 aromatic heterocycles. The molecule has 0 bridgehead atoms. The molecule has 0 atom stereocenters. The maximum Gasteiger partial charge on any atom is 0.161 e. The number of rotatable bonds is 10. The van der Waals surface area contributed by atoms with Crippen molar-refractivity contribution in [2.75, 3.05) is 19.8 Å². The van der Waals surface area contributed by atoms with Crippen LogP contribution < -0.4 is 14.8 Å². The van der Waals surface area contributed by atoms with E-state index in [2.05, 4.69) is 42.2 Å². The molecule has 0 heterocycles. The molecule has 2 rings (SSSR count). The van der Waals surface area contributed by atoms with E-state index in [4.69, 9.17) is 9.47 Å². The average Bonchev–Trinajstić information content (AvgIpc) is 2.59. The maximum atomic E-state index is 5.66. The van der Waals surface area contributed by atoms with E-state index in [1.165, 1.54) is 11.1 Å². The zero-order valence-electron chi connectivity index (χ0n) is 13.8. The van der Waals surface area contributed by atoms with E-state index in [-0.39, 0.29) is 0 Å². The fourth-order valence-electron chi connectivity index (χ4n) is 2.31. The molecule has 0 saturated heterocycles. The van der Waals surface area contributed by atoms with E-state index in [0.29, 0.717) is 13.2 Å². The summed E-state index contributed by atoms with van der Waals surface area (Å²) >= 11 is 0. The van der Waals surface area contributed by atoms with Gasteiger partial charge in [-0.2, -0.15) is 0 Å². The van der Waals surface area contributed by atoms with Gasteiger partial charge in [0.1, 0.15) is 6.61 Å². The molecular weight excluding hydrogens is 286 g/mol. The smallest absolute Gasteiger partial charge is 0.161 e. The lowest BCUT2D eigenvalue weighted by molar-refractivity contribution is 0.296. The fourth-order valence-corrected chi connectivity index (χ4v) is 2.31. The van der Waals surface area contributed by atoms with Crippen molar-refractivity contribution in [2.45, 2.75) is 19.9 Å². The predicted octanol–water partition coefficient (Wildman–Crippen LogP) is 3.98. The van der Waals surface area contributed by atoms with Gasteiger partial charge in [0.25, 0.3) is 0 Å². The Hall–Kier alpha value is -2.26. The molecule has 0 radical (unpaired) electrons. The topological polar surface area (TPSA) is 30.5 Å². The Morgan fingerprint density at radius 1 is 1.00 bits per heavy atom. The summed E-state index contributed by atoms with van der Waals surface area (Å²) in [5.74, 6) is 1.55. The molecule has 122 valence electrons. The highest BCUT2D eigenvalue weighted by Gasteiger charge is 2.06. The zero-order valence-corrected chi connectivity index (χ0v) is 13.8. The molecule has 3 nitrogen and oxygen atoms in total. The second kappa shape index (κ2) is 9.70. The molecule has 2 aromatic rings. The van der Waals surface area contributed by atoms with Crippen LogP contribution in [0.2, 0.25) is 0 Å². The van der Waals surface area contributed by atoms with Crippen LogP contribution in [0.5, 0.6) is 11.5 Å². The Morgan fingerprint density at radius 2 is 1.83 bits per heavy atom. The molecule has 1 N–H and O–H groups in total. The second-order valence-corrected chi connectivity index (χ2v) is 5.23. The Labute approximate surface area is 138 Å². The third-order valence-electron chi connectivity index (χ3n) is 3.43. The number of benzene rings is 2. The summed E-state index contributed by atoms with van der Waals surface area (Å²) in [7, 11) is 0. The van der Waals surface area contributed by atoms with E-state index < -0.39 is 0 Å². The van der Waals surface area contributed by atoms with Crippen molar-refractivity contribution in [1.82, 2.24) is 5.32 Å². The van der Waals surface area contributed by atoms with Crippen LogP contribution in [0.15, 0.2) is 61.2 Å². The Morgan fingerprint density at radius 3 is 2.57 bits per heavy atom. The van der Waals surface area contributed by atoms with Crippen molar-refractivity contribution in [2.24, 2.45) is 0 Å². The summed E-state index contributed by atoms with van der Waals surface area (Å²) in [6, 6.07) is 16.6. The molecule has 0 aliphatic heterocycles. The molecule has 23 heavy (non-hydrogen) atoms. The number of ether oxygens (including phenoxy) is 2. The molecule has 0 spiro atoms. The monoisotopic (exact) mass is 311 g/mol. The maximum absolute atomic E-state index is 5.66. The van der Waals surface area contributed by atoms with Gasteiger partial charge in [-0.25, -0.2) is 0 Å². The van der Waals surface area contributed by atoms with Crippen LogP contribution in [0.4, 0.5) is 0 Å². The van der Waals surface area contributed by atoms with Gasteiger partial charge in [-0.15, -0.1) is 0 Å². The lowest BCUT2D eigenvalue weighted by Crippen LogP contribution is -2.16. The third kappa shape index (κ3) is 5.80. The molecule has 0 unspecified atom stereocenters. The van der Waals surface area contributed by atoms with Crippen LogP contribution in [0.25, 0.3) is 0 Å². The molecule has 0 saturated carbocycles. The largest absolute Gasteiger partial charge is 0.490 e. The molecule has 0 amide bonds. The van der Waals surface area contributed by atoms with Crippen LogP contribution in [0.1, 0.15) is 18.1 Å². The highest BCUT2D eigenvalue weighted by molar-refractivity contribution is 5.43. The lowest BCUT2D eigenvalue weighted by atomic mass is 10.1. The minimum Gasteiger partial charge on any atom is -0.490 e. The van der Waals surface area contributed by atoms with Gasteiger partial charge in [-0.05, 0) is 43.1 Å². The Balaban J connectivity index is 1.86. The first-order chi connectivity index (χ1) is 11.3. The van der Waals surface area contributed by atoms with Gasteiger partial charge in [0.05, 0.1) is 6.61 Å². The predicted molar refractivity (Wildman–Crippen MR) is 95.2 cm³/mol. The van der Waals surface area contributed by atoms with Crippen molar-refractivity contribution in [1.29, 1.82) is 0 Å². The summed E-state index contributed by atoms with van der Waals surface area (Å²) in [5, 5.41) is 3.47. The molecule has 0 aliphatic rings. The zero-order chi connectivity index (χ0) is 16.3. The SMILES string of the molecule is C=CCOc1ccc(CNCCc2ccccc2)cc1OCC. The van der Waals surface area contributed by atoms with Gasteiger partial charge in [-0.1, -0.05) is 49.1 Å². The van der Waals surface area contributed by atoms with E-state index in [1.54, 1.807) is 6.08 Å². The van der Waals surface area contributed by atoms with Gasteiger partial charge in [0, 0.05) is 6.54 Å². The van der Waals surface area contributed by atoms with Crippen molar-refractivity contribution in [3.63, 3.8) is 0 Å². The summed E-state index contributed by atoms with van der Waals surface area (Å²) in [5.41, 5.74) is 2.54. The molecule has 0 aliphatic carbocycles. The lowest BCUT2D eigenvalue weighted by Gasteiger charge is -2.13. The number of hydrogen-bond acceptors (Lipinski definition) is 3. The standard InChI is InChI=1S/C20H25NO2/c1-3-14-23-19-11-10-18(15-20(19)22-4-2)16-21-13-12-17-8-6-5-7-9-17/h3,5-11,15,21H,1,4,12-14,16H2,2H3. The highest BCUT2D eigenvalue weighted by atomic mass is 16.5. The molecule has 3 heteroatoms. The minimum atomic E-state index is 0.481. The summed E-state index contributed by atoms with van der Waals surface area (Å²) in [6.45, 7) is 8.50. The summed E-state index contributed by atoms with van der Waals surface area (Å²) in [4.78, 5) is 0. The Kier molecular flexibility index (Phi) is 7.21. The first kappa shape index (κ1) is 17.1. The van der Waals surface area contributed by atoms with Crippen molar-refractivity contribution < 1.29 is 9.47 Å². The molecule has 0 fully saturated rings. The Bertz CT molecular complexity index is 596. The van der Waals surface area contributed by atoms with Crippen molar-refractivity contribution >= 4 is 0 Å². The summed E-state index contributed by atoms with van der Waals surface area (Å²) < 4.78 is 11.3. The van der Waals surface area contributed by atoms with Gasteiger partial charge in [-0.3, -0.25) is 0 Å². The molecular formula is C20H25NO2. The quantitative estimate of drug-likeness (QED) is 0.532. The van der Waals surface area contributed by atoms with Crippen LogP contribution >= 0.6 is 0 Å². The van der Waals surface area contributed by atoms with E-state index >= 15 is 0 Å². The average molecular weight is 311 g/mol. The van der Waals surface area contributed by atoms with Crippen molar-refractivity contribution in [3.8, 4) is 11.5 Å². The molecule has 2 aromatic carbocycles. The van der Waals surface area contributed by atoms with Crippen LogP contribution in [-0.2, 0) is 13.0 Å². The van der Waals surface area contributed by atoms with E-state index in [0.717, 1.165) is 31.0 Å². The van der Waals surface area contributed by atoms with Gasteiger partial charge < -0.3 is 14.8 Å². The first-order valence-corrected chi connectivity index (χ1v) is 8.07. The summed E-state index contributed by atoms with van der Waals surface area (Å²) in [6.07, 6.45) is 2.76. The van der Waals surface area contributed by atoms with Gasteiger partial charge in [0.2, 0.25) is 0 Å². The van der Waals surface area contributed by atoms with Crippen molar-refractivity contribution in [3.05, 3.63) is 72.3 Å². The minimum absolute atomic E-state index is 0.481. The third-order valence-corrected chi connectivity index (χ3v) is 3.43. The van der Waals surface area contributed by atoms with Crippen LogP contribution in [-0.4, -0.2) is 19.8 Å².